The predicted molar refractivity (Wildman–Crippen MR) is 243 cm³/mol. The van der Waals surface area contributed by atoms with Crippen LogP contribution in [0.3, 0.4) is 0 Å². The van der Waals surface area contributed by atoms with Crippen molar-refractivity contribution in [2.24, 2.45) is 35.5 Å². The second-order valence-corrected chi connectivity index (χ2v) is 18.5. The zero-order chi connectivity index (χ0) is 44.3. The molecule has 4 aliphatic rings. The summed E-state index contributed by atoms with van der Waals surface area (Å²) in [5, 5.41) is 52.2. The molecule has 0 amide bonds. The Morgan fingerprint density at radius 1 is 0.672 bits per heavy atom. The van der Waals surface area contributed by atoms with E-state index in [-0.39, 0.29) is 48.9 Å². The number of ether oxygens (including phenoxy) is 3. The van der Waals surface area contributed by atoms with Crippen LogP contribution in [0.5, 0.6) is 11.5 Å². The summed E-state index contributed by atoms with van der Waals surface area (Å²) >= 11 is 2.94. The van der Waals surface area contributed by atoms with E-state index in [2.05, 4.69) is 46.6 Å². The van der Waals surface area contributed by atoms with Gasteiger partial charge in [0.1, 0.15) is 16.8 Å². The highest BCUT2D eigenvalue weighted by atomic mass is 79.9. The molecule has 0 heterocycles. The van der Waals surface area contributed by atoms with Crippen LogP contribution in [0.2, 0.25) is 0 Å². The van der Waals surface area contributed by atoms with Gasteiger partial charge in [0.25, 0.3) is 0 Å². The Morgan fingerprint density at radius 2 is 1.16 bits per heavy atom. The molecular formula is C50H77BrO10. The summed E-state index contributed by atoms with van der Waals surface area (Å²) in [4.78, 5) is 21.8. The summed E-state index contributed by atoms with van der Waals surface area (Å²) in [5.74, 6) is 3.04. The van der Waals surface area contributed by atoms with E-state index in [0.717, 1.165) is 101 Å². The Hall–Kier alpha value is -2.70. The zero-order valence-electron chi connectivity index (χ0n) is 37.4. The number of phenolic OH excluding ortho intramolecular Hbond substituents is 1. The first kappa shape index (κ1) is 50.9. The van der Waals surface area contributed by atoms with Crippen LogP contribution in [0.1, 0.15) is 140 Å². The molecule has 344 valence electrons. The molecule has 5 N–H and O–H groups in total. The maximum atomic E-state index is 11.7. The first-order chi connectivity index (χ1) is 29.4. The van der Waals surface area contributed by atoms with Gasteiger partial charge >= 0.3 is 11.9 Å². The molecule has 2 fully saturated rings. The number of hydrogen-bond acceptors (Lipinski definition) is 10. The first-order valence-corrected chi connectivity index (χ1v) is 24.7. The Bertz CT molecular complexity index is 1600. The summed E-state index contributed by atoms with van der Waals surface area (Å²) in [7, 11) is 0. The number of halogens is 1. The van der Waals surface area contributed by atoms with Crippen LogP contribution in [0.4, 0.5) is 0 Å². The minimum absolute atomic E-state index is 0.0699. The zero-order valence-corrected chi connectivity index (χ0v) is 39.0. The van der Waals surface area contributed by atoms with E-state index < -0.39 is 0 Å². The second-order valence-electron chi connectivity index (χ2n) is 17.9. The fourth-order valence-electron chi connectivity index (χ4n) is 10.6. The SMILES string of the molecule is CCCCC[C@H](O)CC[C@H]1[C@H](O)CC2Cc3c(O)cccc3C[C@@H]21.CCCCC[C@H](O)CC[C@H]1[C@H](O)CC2Cc3c(cccc3OCC(=O)OCC)C[C@@H]21.CCOC(=O)CBr. The smallest absolute Gasteiger partial charge is 0.344 e. The second kappa shape index (κ2) is 26.8. The van der Waals surface area contributed by atoms with Crippen LogP contribution >= 0.6 is 15.9 Å². The number of aliphatic hydroxyl groups is 4. The van der Waals surface area contributed by atoms with Crippen molar-refractivity contribution in [1.29, 1.82) is 0 Å². The number of esters is 2. The Kier molecular flexibility index (Phi) is 22.4. The maximum Gasteiger partial charge on any atom is 0.344 e. The number of benzene rings is 2. The quantitative estimate of drug-likeness (QED) is 0.0493. The summed E-state index contributed by atoms with van der Waals surface area (Å²) < 4.78 is 15.2. The molecule has 6 rings (SSSR count). The standard InChI is InChI=1S/C25H38O5.C21H32O3.C4H7BrO2/c1-3-5-6-9-19(26)11-12-20-21-13-17-8-7-10-24(30-16-25(28)29-4-2)22(17)14-18(21)15-23(20)27;1-2-3-4-7-16(22)9-10-17-18-11-14-6-5-8-20(23)19(14)12-15(18)13-21(17)24;1-2-7-4(6)3-5/h7-8,10,18-21,23,26-27H,3-6,9,11-16H2,1-2H3;5-6,8,15-18,21-24H,2-4,7,9-13H2,1H3;2-3H2,1H3/t18?,19-,20+,21-,23+;15?,16-,17+,18-,21+;/m00./s1. The van der Waals surface area contributed by atoms with Gasteiger partial charge in [0, 0.05) is 0 Å². The molecule has 0 bridgehead atoms. The van der Waals surface area contributed by atoms with Crippen molar-refractivity contribution in [3.63, 3.8) is 0 Å². The fraction of sp³-hybridized carbons (Fsp3) is 0.720. The van der Waals surface area contributed by atoms with Gasteiger partial charge in [-0.3, -0.25) is 4.79 Å². The number of alkyl halides is 1. The van der Waals surface area contributed by atoms with Crippen molar-refractivity contribution in [2.45, 2.75) is 168 Å². The number of carbonyl (C=O) groups is 2. The Balaban J connectivity index is 0.000000236. The van der Waals surface area contributed by atoms with Gasteiger partial charge in [-0.2, -0.15) is 0 Å². The van der Waals surface area contributed by atoms with E-state index in [1.165, 1.54) is 42.4 Å². The number of hydrogen-bond donors (Lipinski definition) is 5. The number of carbonyl (C=O) groups excluding carboxylic acids is 2. The highest BCUT2D eigenvalue weighted by Gasteiger charge is 2.46. The van der Waals surface area contributed by atoms with Gasteiger partial charge in [-0.05, 0) is 161 Å². The molecule has 0 radical (unpaired) electrons. The maximum absolute atomic E-state index is 11.7. The third-order valence-electron chi connectivity index (χ3n) is 13.7. The number of aliphatic hydroxyl groups excluding tert-OH is 4. The van der Waals surface area contributed by atoms with Crippen LogP contribution in [-0.2, 0) is 44.7 Å². The van der Waals surface area contributed by atoms with E-state index in [0.29, 0.717) is 53.9 Å². The predicted octanol–water partition coefficient (Wildman–Crippen LogP) is 8.83. The molecular weight excluding hydrogens is 840 g/mol. The molecule has 61 heavy (non-hydrogen) atoms. The molecule has 10 nitrogen and oxygen atoms in total. The van der Waals surface area contributed by atoms with Gasteiger partial charge in [0.05, 0.1) is 37.6 Å². The lowest BCUT2D eigenvalue weighted by molar-refractivity contribution is -0.145. The van der Waals surface area contributed by atoms with Crippen molar-refractivity contribution in [1.82, 2.24) is 0 Å². The number of unbranched alkanes of at least 4 members (excludes halogenated alkanes) is 4. The molecule has 0 spiro atoms. The molecule has 2 unspecified atom stereocenters. The molecule has 2 aromatic rings. The van der Waals surface area contributed by atoms with Gasteiger partial charge in [-0.25, -0.2) is 4.79 Å². The molecule has 11 heteroatoms. The van der Waals surface area contributed by atoms with Crippen molar-refractivity contribution in [3.05, 3.63) is 58.7 Å². The number of fused-ring (bicyclic) bond motifs is 4. The lowest BCUT2D eigenvalue weighted by Gasteiger charge is -2.32. The van der Waals surface area contributed by atoms with Gasteiger partial charge in [-0.1, -0.05) is 92.6 Å². The van der Waals surface area contributed by atoms with Crippen molar-refractivity contribution < 1.29 is 49.3 Å². The highest BCUT2D eigenvalue weighted by Crippen LogP contribution is 2.50. The van der Waals surface area contributed by atoms with E-state index >= 15 is 0 Å². The Morgan fingerprint density at radius 3 is 1.66 bits per heavy atom. The minimum atomic E-state index is -0.349. The van der Waals surface area contributed by atoms with Gasteiger partial charge in [0.2, 0.25) is 0 Å². The fourth-order valence-corrected chi connectivity index (χ4v) is 10.8. The van der Waals surface area contributed by atoms with E-state index in [1.807, 2.05) is 18.2 Å². The molecule has 0 aromatic heterocycles. The summed E-state index contributed by atoms with van der Waals surface area (Å²) in [6.07, 6.45) is 16.4. The summed E-state index contributed by atoms with van der Waals surface area (Å²) in [5.41, 5.74) is 4.78. The van der Waals surface area contributed by atoms with E-state index in [1.54, 1.807) is 19.9 Å². The Labute approximate surface area is 374 Å². The van der Waals surface area contributed by atoms with Crippen LogP contribution in [0.25, 0.3) is 0 Å². The van der Waals surface area contributed by atoms with E-state index in [4.69, 9.17) is 9.47 Å². The normalized spacial score (nSPS) is 25.5. The molecule has 10 atom stereocenters. The summed E-state index contributed by atoms with van der Waals surface area (Å²) in [6.45, 7) is 8.67. The van der Waals surface area contributed by atoms with Crippen LogP contribution in [-0.4, -0.2) is 87.0 Å². The van der Waals surface area contributed by atoms with Crippen LogP contribution in [0.15, 0.2) is 36.4 Å². The average Bonchev–Trinajstić information content (AvgIpc) is 3.73. The molecule has 4 aliphatic carbocycles. The topological polar surface area (TPSA) is 163 Å². The third kappa shape index (κ3) is 15.5. The number of aromatic hydroxyl groups is 1. The van der Waals surface area contributed by atoms with Crippen molar-refractivity contribution in [2.75, 3.05) is 25.2 Å². The average molecular weight is 918 g/mol. The van der Waals surface area contributed by atoms with Crippen LogP contribution in [0, 0.1) is 35.5 Å². The number of phenols is 1. The molecule has 0 aliphatic heterocycles. The third-order valence-corrected chi connectivity index (χ3v) is 14.2. The van der Waals surface area contributed by atoms with Gasteiger partial charge in [0.15, 0.2) is 6.61 Å². The van der Waals surface area contributed by atoms with Gasteiger partial charge in [-0.15, -0.1) is 0 Å². The molecule has 2 saturated carbocycles. The van der Waals surface area contributed by atoms with E-state index in [9.17, 15) is 35.1 Å². The molecule has 2 aromatic carbocycles. The highest BCUT2D eigenvalue weighted by molar-refractivity contribution is 9.09. The monoisotopic (exact) mass is 916 g/mol. The van der Waals surface area contributed by atoms with Crippen LogP contribution < -0.4 is 4.74 Å². The van der Waals surface area contributed by atoms with Crippen molar-refractivity contribution in [3.8, 4) is 11.5 Å². The van der Waals surface area contributed by atoms with Crippen molar-refractivity contribution >= 4 is 27.9 Å². The van der Waals surface area contributed by atoms with Gasteiger partial charge < -0.3 is 39.7 Å². The molecule has 0 saturated heterocycles. The first-order valence-electron chi connectivity index (χ1n) is 23.6. The summed E-state index contributed by atoms with van der Waals surface area (Å²) in [6, 6.07) is 11.9. The lowest BCUT2D eigenvalue weighted by Crippen LogP contribution is -2.28. The minimum Gasteiger partial charge on any atom is -0.508 e. The lowest BCUT2D eigenvalue weighted by atomic mass is 9.73. The number of rotatable bonds is 20. The largest absolute Gasteiger partial charge is 0.508 e.